The maximum Gasteiger partial charge on any atom is 0.232 e. The first-order valence-corrected chi connectivity index (χ1v) is 8.65. The van der Waals surface area contributed by atoms with Gasteiger partial charge in [0.05, 0.1) is 35.4 Å². The van der Waals surface area contributed by atoms with Crippen molar-refractivity contribution >= 4 is 40.7 Å². The van der Waals surface area contributed by atoms with Crippen LogP contribution in [0.25, 0.3) is 11.5 Å². The third-order valence-electron chi connectivity index (χ3n) is 3.06. The van der Waals surface area contributed by atoms with E-state index in [0.717, 1.165) is 0 Å². The molecule has 1 aromatic carbocycles. The molecule has 0 amide bonds. The molecule has 0 aliphatic heterocycles. The van der Waals surface area contributed by atoms with Gasteiger partial charge in [0.25, 0.3) is 0 Å². The number of ether oxygens (including phenoxy) is 2. The Balaban J connectivity index is 2.04. The van der Waals surface area contributed by atoms with Gasteiger partial charge in [-0.05, 0) is 19.1 Å². The summed E-state index contributed by atoms with van der Waals surface area (Å²) in [5, 5.41) is 13.1. The Morgan fingerprint density at radius 3 is 2.68 bits per heavy atom. The molecule has 0 aliphatic carbocycles. The fourth-order valence-electron chi connectivity index (χ4n) is 1.94. The number of hydrogen-bond acceptors (Lipinski definition) is 6. The molecule has 0 saturated heterocycles. The van der Waals surface area contributed by atoms with Crippen molar-refractivity contribution < 1.29 is 13.9 Å². The summed E-state index contributed by atoms with van der Waals surface area (Å²) in [7, 11) is 0. The minimum Gasteiger partial charge on any atom is -0.419 e. The highest BCUT2D eigenvalue weighted by atomic mass is 35.5. The van der Waals surface area contributed by atoms with E-state index in [1.807, 2.05) is 13.0 Å². The number of rotatable bonds is 9. The molecule has 0 fully saturated rings. The van der Waals surface area contributed by atoms with Gasteiger partial charge in [-0.2, -0.15) is 10.2 Å². The first-order chi connectivity index (χ1) is 12.1. The molecule has 1 heterocycles. The first-order valence-electron chi connectivity index (χ1n) is 7.52. The minimum absolute atomic E-state index is 0.108. The van der Waals surface area contributed by atoms with Crippen LogP contribution in [0.5, 0.6) is 0 Å². The molecule has 134 valence electrons. The highest BCUT2D eigenvalue weighted by molar-refractivity contribution is 6.44. The van der Waals surface area contributed by atoms with Gasteiger partial charge in [0.2, 0.25) is 17.5 Å². The zero-order valence-corrected chi connectivity index (χ0v) is 15.7. The molecule has 0 bridgehead atoms. The Hall–Kier alpha value is -1.49. The van der Waals surface area contributed by atoms with E-state index in [9.17, 15) is 5.26 Å². The van der Waals surface area contributed by atoms with Gasteiger partial charge in [-0.1, -0.05) is 34.8 Å². The number of anilines is 1. The van der Waals surface area contributed by atoms with Crippen molar-refractivity contribution in [2.24, 2.45) is 0 Å². The minimum atomic E-state index is 0.108. The smallest absolute Gasteiger partial charge is 0.232 e. The third-order valence-corrected chi connectivity index (χ3v) is 4.08. The summed E-state index contributed by atoms with van der Waals surface area (Å²) in [5.41, 5.74) is 0.521. The molecule has 0 unspecified atom stereocenters. The van der Waals surface area contributed by atoms with Crippen LogP contribution in [0.4, 0.5) is 5.88 Å². The average Bonchev–Trinajstić information content (AvgIpc) is 3.00. The number of benzene rings is 1. The van der Waals surface area contributed by atoms with Gasteiger partial charge in [0.15, 0.2) is 0 Å². The van der Waals surface area contributed by atoms with Crippen LogP contribution < -0.4 is 5.32 Å². The lowest BCUT2D eigenvalue weighted by molar-refractivity contribution is 0.0569. The topological polar surface area (TPSA) is 80.3 Å². The van der Waals surface area contributed by atoms with Gasteiger partial charge in [-0.25, -0.2) is 0 Å². The third kappa shape index (κ3) is 5.50. The van der Waals surface area contributed by atoms with Crippen molar-refractivity contribution in [3.63, 3.8) is 0 Å². The van der Waals surface area contributed by atoms with Crippen molar-refractivity contribution in [2.45, 2.75) is 6.92 Å². The molecule has 0 atom stereocenters. The van der Waals surface area contributed by atoms with Gasteiger partial charge < -0.3 is 19.2 Å². The van der Waals surface area contributed by atoms with E-state index in [1.165, 1.54) is 6.07 Å². The molecule has 0 spiro atoms. The number of aromatic nitrogens is 1. The Bertz CT molecular complexity index is 759. The van der Waals surface area contributed by atoms with Crippen LogP contribution in [0, 0.1) is 11.3 Å². The largest absolute Gasteiger partial charge is 0.419 e. The van der Waals surface area contributed by atoms with Crippen LogP contribution in [-0.2, 0) is 9.47 Å². The normalized spacial score (nSPS) is 10.7. The quantitative estimate of drug-likeness (QED) is 0.484. The SMILES string of the molecule is CCOCCOCCNc1oc(-c2cc(Cl)cc(Cl)c2Cl)nc1C#N. The Kier molecular flexibility index (Phi) is 7.82. The number of oxazole rings is 1. The lowest BCUT2D eigenvalue weighted by Gasteiger charge is -2.05. The summed E-state index contributed by atoms with van der Waals surface area (Å²) in [4.78, 5) is 4.13. The molecule has 6 nitrogen and oxygen atoms in total. The van der Waals surface area contributed by atoms with Crippen molar-refractivity contribution in [3.8, 4) is 17.5 Å². The van der Waals surface area contributed by atoms with E-state index < -0.39 is 0 Å². The monoisotopic (exact) mass is 403 g/mol. The zero-order chi connectivity index (χ0) is 18.2. The molecule has 0 saturated carbocycles. The molecule has 1 aromatic heterocycles. The van der Waals surface area contributed by atoms with Crippen LogP contribution in [0.3, 0.4) is 0 Å². The van der Waals surface area contributed by atoms with Gasteiger partial charge in [-0.3, -0.25) is 0 Å². The molecule has 9 heteroatoms. The second-order valence-electron chi connectivity index (χ2n) is 4.79. The summed E-state index contributed by atoms with van der Waals surface area (Å²) < 4.78 is 16.2. The Morgan fingerprint density at radius 1 is 1.20 bits per heavy atom. The van der Waals surface area contributed by atoms with E-state index >= 15 is 0 Å². The summed E-state index contributed by atoms with van der Waals surface area (Å²) in [6.45, 7) is 4.49. The average molecular weight is 405 g/mol. The van der Waals surface area contributed by atoms with Crippen LogP contribution in [-0.4, -0.2) is 38.0 Å². The second kappa shape index (κ2) is 9.85. The molecule has 1 N–H and O–H groups in total. The maximum absolute atomic E-state index is 9.21. The fraction of sp³-hybridized carbons (Fsp3) is 0.375. The summed E-state index contributed by atoms with van der Waals surface area (Å²) in [6.07, 6.45) is 0. The summed E-state index contributed by atoms with van der Waals surface area (Å²) >= 11 is 18.2. The number of hydrogen-bond donors (Lipinski definition) is 1. The number of halogens is 3. The van der Waals surface area contributed by atoms with Crippen LogP contribution in [0.1, 0.15) is 12.6 Å². The van der Waals surface area contributed by atoms with E-state index in [4.69, 9.17) is 48.7 Å². The lowest BCUT2D eigenvalue weighted by atomic mass is 10.2. The van der Waals surface area contributed by atoms with Crippen molar-refractivity contribution in [1.29, 1.82) is 5.26 Å². The fourth-order valence-corrected chi connectivity index (χ4v) is 2.63. The number of nitriles is 1. The van der Waals surface area contributed by atoms with Crippen molar-refractivity contribution in [2.75, 3.05) is 38.3 Å². The molecule has 0 aliphatic rings. The Morgan fingerprint density at radius 2 is 1.96 bits per heavy atom. The van der Waals surface area contributed by atoms with Gasteiger partial charge in [-0.15, -0.1) is 0 Å². The van der Waals surface area contributed by atoms with Crippen LogP contribution >= 0.6 is 34.8 Å². The zero-order valence-electron chi connectivity index (χ0n) is 13.4. The predicted molar refractivity (Wildman–Crippen MR) is 97.5 cm³/mol. The van der Waals surface area contributed by atoms with Gasteiger partial charge in [0.1, 0.15) is 6.07 Å². The highest BCUT2D eigenvalue weighted by Gasteiger charge is 2.18. The maximum atomic E-state index is 9.21. The van der Waals surface area contributed by atoms with Crippen molar-refractivity contribution in [3.05, 3.63) is 32.9 Å². The molecule has 2 rings (SSSR count). The molecular weight excluding hydrogens is 389 g/mol. The van der Waals surface area contributed by atoms with Gasteiger partial charge >= 0.3 is 0 Å². The van der Waals surface area contributed by atoms with E-state index in [1.54, 1.807) is 6.07 Å². The first kappa shape index (κ1) is 19.8. The summed E-state index contributed by atoms with van der Waals surface area (Å²) in [6, 6.07) is 5.05. The van der Waals surface area contributed by atoms with Crippen molar-refractivity contribution in [1.82, 2.24) is 4.98 Å². The van der Waals surface area contributed by atoms with E-state index in [-0.39, 0.29) is 27.5 Å². The summed E-state index contributed by atoms with van der Waals surface area (Å²) in [5.74, 6) is 0.392. The van der Waals surface area contributed by atoms with Crippen LogP contribution in [0.2, 0.25) is 15.1 Å². The highest BCUT2D eigenvalue weighted by Crippen LogP contribution is 2.37. The number of nitrogens with zero attached hydrogens (tertiary/aromatic N) is 2. The molecule has 25 heavy (non-hydrogen) atoms. The molecule has 0 radical (unpaired) electrons. The second-order valence-corrected chi connectivity index (χ2v) is 6.02. The predicted octanol–water partition coefficient (Wildman–Crippen LogP) is 4.64. The standard InChI is InChI=1S/C16H16Cl3N3O3/c1-2-23-5-6-24-4-3-21-16-13(9-20)22-15(25-16)11-7-10(17)8-12(18)14(11)19/h7-8,21H,2-6H2,1H3. The van der Waals surface area contributed by atoms with Gasteiger partial charge in [0, 0.05) is 18.2 Å². The Labute approximate surface area is 160 Å². The van der Waals surface area contributed by atoms with Crippen LogP contribution in [0.15, 0.2) is 16.5 Å². The van der Waals surface area contributed by atoms with E-state index in [0.29, 0.717) is 43.6 Å². The molecular formula is C16H16Cl3N3O3. The molecule has 2 aromatic rings. The van der Waals surface area contributed by atoms with E-state index in [2.05, 4.69) is 10.3 Å². The lowest BCUT2D eigenvalue weighted by Crippen LogP contribution is -2.12. The number of nitrogens with one attached hydrogen (secondary N) is 1.